The average Bonchev–Trinajstić information content (AvgIpc) is 3.07. The van der Waals surface area contributed by atoms with E-state index < -0.39 is 5.82 Å². The van der Waals surface area contributed by atoms with Crippen LogP contribution in [0.15, 0.2) is 18.5 Å². The second-order valence-electron chi connectivity index (χ2n) is 6.98. The van der Waals surface area contributed by atoms with E-state index in [-0.39, 0.29) is 17.5 Å². The second-order valence-corrected chi connectivity index (χ2v) is 8.06. The minimum atomic E-state index is -0.463. The molecule has 0 bridgehead atoms. The molecule has 1 aliphatic heterocycles. The molecule has 0 unspecified atom stereocenters. The van der Waals surface area contributed by atoms with Gasteiger partial charge in [-0.1, -0.05) is 0 Å². The third-order valence-corrected chi connectivity index (χ3v) is 5.93. The molecule has 5 N–H and O–H groups in total. The molecule has 1 saturated heterocycles. The molecule has 3 aromatic heterocycles. The van der Waals surface area contributed by atoms with Crippen molar-refractivity contribution >= 4 is 44.0 Å². The molecule has 0 aliphatic carbocycles. The summed E-state index contributed by atoms with van der Waals surface area (Å²) in [5.41, 5.74) is 13.4. The van der Waals surface area contributed by atoms with Crippen LogP contribution in [0.25, 0.3) is 10.2 Å². The predicted octanol–water partition coefficient (Wildman–Crippen LogP) is 2.32. The highest BCUT2D eigenvalue weighted by Gasteiger charge is 2.24. The number of carbonyl (C=O) groups is 1. The van der Waals surface area contributed by atoms with Crippen molar-refractivity contribution in [3.63, 3.8) is 0 Å². The number of pyridine rings is 1. The van der Waals surface area contributed by atoms with E-state index >= 15 is 0 Å². The number of thiophene rings is 1. The Labute approximate surface area is 165 Å². The van der Waals surface area contributed by atoms with Crippen molar-refractivity contribution in [1.29, 1.82) is 0 Å². The first kappa shape index (κ1) is 18.6. The second kappa shape index (κ2) is 7.36. The van der Waals surface area contributed by atoms with Crippen molar-refractivity contribution in [3.05, 3.63) is 29.8 Å². The van der Waals surface area contributed by atoms with Gasteiger partial charge in [-0.15, -0.1) is 11.3 Å². The molecule has 1 aliphatic rings. The van der Waals surface area contributed by atoms with Crippen LogP contribution in [-0.4, -0.2) is 39.8 Å². The third-order valence-electron chi connectivity index (χ3n) is 4.98. The number of hydrogen-bond donors (Lipinski definition) is 3. The number of aromatic nitrogens is 3. The molecule has 10 heteroatoms. The number of fused-ring (bicyclic) bond motifs is 1. The molecule has 0 saturated carbocycles. The van der Waals surface area contributed by atoms with Crippen molar-refractivity contribution < 1.29 is 9.18 Å². The van der Waals surface area contributed by atoms with Crippen LogP contribution in [0.2, 0.25) is 0 Å². The summed E-state index contributed by atoms with van der Waals surface area (Å²) in [5, 5.41) is 7.52. The van der Waals surface area contributed by atoms with Gasteiger partial charge in [0.1, 0.15) is 22.1 Å². The number of rotatable bonds is 3. The summed E-state index contributed by atoms with van der Waals surface area (Å²) in [6, 6.07) is 1.52. The monoisotopic (exact) mass is 403 g/mol. The van der Waals surface area contributed by atoms with Crippen molar-refractivity contribution in [2.24, 2.45) is 12.8 Å². The summed E-state index contributed by atoms with van der Waals surface area (Å²) in [6.45, 7) is 1.65. The van der Waals surface area contributed by atoms with Crippen LogP contribution in [0.1, 0.15) is 29.6 Å². The number of anilines is 3. The standard InChI is InChI=1S/C18H22FN7OS/c1-25-18(26-5-2-3-11(20)4-6-26)12(9-23-25)24-17(27)14-15-13(28-16(14)21)7-10(19)8-22-15/h7-9,11H,2-6,20-21H2,1H3,(H,24,27)/t11-/m1/s1. The lowest BCUT2D eigenvalue weighted by molar-refractivity contribution is 0.102. The van der Waals surface area contributed by atoms with E-state index in [0.717, 1.165) is 55.7 Å². The first-order valence-corrected chi connectivity index (χ1v) is 9.93. The zero-order valence-corrected chi connectivity index (χ0v) is 16.3. The largest absolute Gasteiger partial charge is 0.390 e. The van der Waals surface area contributed by atoms with E-state index in [1.54, 1.807) is 10.9 Å². The first-order valence-electron chi connectivity index (χ1n) is 9.11. The Morgan fingerprint density at radius 1 is 1.36 bits per heavy atom. The van der Waals surface area contributed by atoms with Gasteiger partial charge in [-0.25, -0.2) is 4.39 Å². The normalized spacial score (nSPS) is 17.7. The Morgan fingerprint density at radius 2 is 2.18 bits per heavy atom. The molecule has 4 rings (SSSR count). The number of nitrogen functional groups attached to an aromatic ring is 1. The molecule has 1 amide bonds. The Morgan fingerprint density at radius 3 is 3.00 bits per heavy atom. The molecule has 0 spiro atoms. The van der Waals surface area contributed by atoms with E-state index in [1.165, 1.54) is 6.07 Å². The number of nitrogens with two attached hydrogens (primary N) is 2. The van der Waals surface area contributed by atoms with Crippen LogP contribution >= 0.6 is 11.3 Å². The lowest BCUT2D eigenvalue weighted by Crippen LogP contribution is -2.29. The van der Waals surface area contributed by atoms with Crippen molar-refractivity contribution in [1.82, 2.24) is 14.8 Å². The fourth-order valence-electron chi connectivity index (χ4n) is 3.60. The summed E-state index contributed by atoms with van der Waals surface area (Å²) in [7, 11) is 1.84. The molecular weight excluding hydrogens is 381 g/mol. The smallest absolute Gasteiger partial charge is 0.261 e. The molecular formula is C18H22FN7OS. The number of carbonyl (C=O) groups excluding carboxylic acids is 1. The van der Waals surface area contributed by atoms with Crippen molar-refractivity contribution in [2.45, 2.75) is 25.3 Å². The average molecular weight is 403 g/mol. The summed E-state index contributed by atoms with van der Waals surface area (Å²) in [4.78, 5) is 19.2. The number of amides is 1. The van der Waals surface area contributed by atoms with Gasteiger partial charge < -0.3 is 21.7 Å². The topological polar surface area (TPSA) is 115 Å². The molecule has 0 aromatic carbocycles. The van der Waals surface area contributed by atoms with Crippen LogP contribution in [0, 0.1) is 5.82 Å². The van der Waals surface area contributed by atoms with Crippen molar-refractivity contribution in [3.8, 4) is 0 Å². The zero-order valence-electron chi connectivity index (χ0n) is 15.5. The number of halogens is 1. The van der Waals surface area contributed by atoms with E-state index in [0.29, 0.717) is 20.9 Å². The highest BCUT2D eigenvalue weighted by atomic mass is 32.1. The summed E-state index contributed by atoms with van der Waals surface area (Å²) in [5.74, 6) is -0.0159. The maximum absolute atomic E-state index is 13.4. The van der Waals surface area contributed by atoms with Gasteiger partial charge in [-0.3, -0.25) is 14.5 Å². The summed E-state index contributed by atoms with van der Waals surface area (Å²) in [6.07, 6.45) is 5.56. The van der Waals surface area contributed by atoms with Gasteiger partial charge in [0, 0.05) is 26.2 Å². The van der Waals surface area contributed by atoms with Gasteiger partial charge in [0.05, 0.1) is 22.6 Å². The van der Waals surface area contributed by atoms with Crippen LogP contribution in [0.3, 0.4) is 0 Å². The van der Waals surface area contributed by atoms with E-state index in [4.69, 9.17) is 11.5 Å². The van der Waals surface area contributed by atoms with Gasteiger partial charge in [-0.2, -0.15) is 5.10 Å². The summed E-state index contributed by atoms with van der Waals surface area (Å²) < 4.78 is 15.7. The van der Waals surface area contributed by atoms with Crippen LogP contribution < -0.4 is 21.7 Å². The highest BCUT2D eigenvalue weighted by Crippen LogP contribution is 2.34. The molecule has 148 valence electrons. The quantitative estimate of drug-likeness (QED) is 0.618. The molecule has 1 fully saturated rings. The number of nitrogens with one attached hydrogen (secondary N) is 1. The number of nitrogens with zero attached hydrogens (tertiary/aromatic N) is 4. The van der Waals surface area contributed by atoms with Gasteiger partial charge in [0.25, 0.3) is 5.91 Å². The highest BCUT2D eigenvalue weighted by molar-refractivity contribution is 7.23. The van der Waals surface area contributed by atoms with E-state index in [9.17, 15) is 9.18 Å². The minimum Gasteiger partial charge on any atom is -0.390 e. The molecule has 4 heterocycles. The lowest BCUT2D eigenvalue weighted by Gasteiger charge is -2.24. The molecule has 8 nitrogen and oxygen atoms in total. The SMILES string of the molecule is Cn1ncc(NC(=O)c2c(N)sc3cc(F)cnc23)c1N1CCC[C@@H](N)CC1. The maximum atomic E-state index is 13.4. The van der Waals surface area contributed by atoms with Crippen molar-refractivity contribution in [2.75, 3.05) is 29.0 Å². The molecule has 1 atom stereocenters. The predicted molar refractivity (Wildman–Crippen MR) is 109 cm³/mol. The Bertz CT molecular complexity index is 1030. The zero-order chi connectivity index (χ0) is 19.8. The van der Waals surface area contributed by atoms with E-state index in [2.05, 4.69) is 20.3 Å². The molecule has 0 radical (unpaired) electrons. The van der Waals surface area contributed by atoms with Crippen LogP contribution in [0.4, 0.5) is 20.9 Å². The molecule has 28 heavy (non-hydrogen) atoms. The Kier molecular flexibility index (Phi) is 4.90. The van der Waals surface area contributed by atoms with Gasteiger partial charge in [0.15, 0.2) is 5.82 Å². The fourth-order valence-corrected chi connectivity index (χ4v) is 4.56. The Hall–Kier alpha value is -2.72. The van der Waals surface area contributed by atoms with Gasteiger partial charge >= 0.3 is 0 Å². The number of aryl methyl sites for hydroxylation is 1. The van der Waals surface area contributed by atoms with E-state index in [1.807, 2.05) is 7.05 Å². The third kappa shape index (κ3) is 3.40. The van der Waals surface area contributed by atoms with Crippen LogP contribution in [-0.2, 0) is 7.05 Å². The minimum absolute atomic E-state index is 0.194. The Balaban J connectivity index is 1.64. The maximum Gasteiger partial charge on any atom is 0.261 e. The lowest BCUT2D eigenvalue weighted by atomic mass is 10.1. The van der Waals surface area contributed by atoms with Gasteiger partial charge in [0.2, 0.25) is 0 Å². The number of hydrogen-bond acceptors (Lipinski definition) is 7. The van der Waals surface area contributed by atoms with Gasteiger partial charge in [-0.05, 0) is 25.3 Å². The first-order chi connectivity index (χ1) is 13.4. The van der Waals surface area contributed by atoms with Crippen LogP contribution in [0.5, 0.6) is 0 Å². The fraction of sp³-hybridized carbons (Fsp3) is 0.389. The summed E-state index contributed by atoms with van der Waals surface area (Å²) >= 11 is 1.14. The molecule has 3 aromatic rings.